The van der Waals surface area contributed by atoms with Gasteiger partial charge in [0.05, 0.1) is 22.1 Å². The van der Waals surface area contributed by atoms with Gasteiger partial charge in [0.25, 0.3) is 0 Å². The molecule has 2 aromatic heterocycles. The lowest BCUT2D eigenvalue weighted by atomic mass is 9.99. The minimum Gasteiger partial charge on any atom is -0.309 e. The smallest absolute Gasteiger partial charge is 0.0627 e. The van der Waals surface area contributed by atoms with E-state index < -0.39 is 0 Å². The monoisotopic (exact) mass is 600 g/mol. The molecule has 2 heteroatoms. The van der Waals surface area contributed by atoms with Crippen LogP contribution in [0.2, 0.25) is 0 Å². The Morgan fingerprint density at radius 3 is 1.68 bits per heavy atom. The number of benzene rings is 7. The van der Waals surface area contributed by atoms with Crippen molar-refractivity contribution < 1.29 is 0 Å². The van der Waals surface area contributed by atoms with E-state index in [0.717, 1.165) is 11.4 Å². The van der Waals surface area contributed by atoms with Gasteiger partial charge in [0.2, 0.25) is 0 Å². The van der Waals surface area contributed by atoms with Gasteiger partial charge in [-0.3, -0.25) is 0 Å². The summed E-state index contributed by atoms with van der Waals surface area (Å²) in [6, 6.07) is 55.0. The van der Waals surface area contributed by atoms with E-state index in [1.165, 1.54) is 76.6 Å². The number of para-hydroxylation sites is 2. The summed E-state index contributed by atoms with van der Waals surface area (Å²) in [5, 5.41) is 7.50. The summed E-state index contributed by atoms with van der Waals surface area (Å²) in [6.45, 7) is 6.29. The average Bonchev–Trinajstić information content (AvgIpc) is 3.67. The highest BCUT2D eigenvalue weighted by Crippen LogP contribution is 2.47. The van der Waals surface area contributed by atoms with Gasteiger partial charge in [-0.2, -0.15) is 0 Å². The molecule has 0 spiro atoms. The maximum atomic E-state index is 4.20. The molecule has 0 saturated carbocycles. The standard InChI is InChI=1S/C45H32N2/c1-3-34(4-2)46-40-23-12-10-21-38(40)42-43-39-22-11-13-24-41(39)47(45(43)37-20-9-8-19-36(37)44(42)46)35-18-14-17-33(29-35)32-27-25-31(26-28-32)30-15-6-5-7-16-30/h3-29H,1H2,2H3/b34-4+. The summed E-state index contributed by atoms with van der Waals surface area (Å²) < 4.78 is 4.87. The maximum Gasteiger partial charge on any atom is 0.0627 e. The Morgan fingerprint density at radius 1 is 0.489 bits per heavy atom. The van der Waals surface area contributed by atoms with E-state index in [-0.39, 0.29) is 0 Å². The number of aromatic nitrogens is 2. The van der Waals surface area contributed by atoms with Crippen LogP contribution in [0.4, 0.5) is 0 Å². The molecular formula is C45H32N2. The van der Waals surface area contributed by atoms with E-state index in [1.54, 1.807) is 0 Å². The van der Waals surface area contributed by atoms with Crippen molar-refractivity contribution in [3.8, 4) is 27.9 Å². The summed E-state index contributed by atoms with van der Waals surface area (Å²) in [5.41, 5.74) is 11.9. The van der Waals surface area contributed by atoms with Gasteiger partial charge in [0.15, 0.2) is 0 Å². The molecule has 0 aliphatic rings. The first-order valence-electron chi connectivity index (χ1n) is 16.2. The minimum absolute atomic E-state index is 1.08. The van der Waals surface area contributed by atoms with Gasteiger partial charge < -0.3 is 9.13 Å². The first-order chi connectivity index (χ1) is 23.3. The third-order valence-corrected chi connectivity index (χ3v) is 9.63. The molecule has 9 aromatic rings. The predicted molar refractivity (Wildman–Crippen MR) is 202 cm³/mol. The highest BCUT2D eigenvalue weighted by atomic mass is 15.0. The van der Waals surface area contributed by atoms with Gasteiger partial charge in [0.1, 0.15) is 0 Å². The van der Waals surface area contributed by atoms with Crippen LogP contribution < -0.4 is 0 Å². The van der Waals surface area contributed by atoms with Crippen molar-refractivity contribution in [2.45, 2.75) is 6.92 Å². The van der Waals surface area contributed by atoms with Crippen molar-refractivity contribution in [2.75, 3.05) is 0 Å². The zero-order chi connectivity index (χ0) is 31.5. The number of allylic oxidation sites excluding steroid dienone is 3. The molecule has 47 heavy (non-hydrogen) atoms. The first-order valence-corrected chi connectivity index (χ1v) is 16.2. The highest BCUT2D eigenvalue weighted by molar-refractivity contribution is 6.37. The van der Waals surface area contributed by atoms with Gasteiger partial charge in [-0.15, -0.1) is 0 Å². The van der Waals surface area contributed by atoms with Gasteiger partial charge in [-0.1, -0.05) is 140 Å². The summed E-state index contributed by atoms with van der Waals surface area (Å²) in [6.07, 6.45) is 4.12. The molecule has 9 rings (SSSR count). The Labute approximate surface area is 273 Å². The maximum absolute atomic E-state index is 4.20. The lowest BCUT2D eigenvalue weighted by Crippen LogP contribution is -1.97. The van der Waals surface area contributed by atoms with E-state index in [2.05, 4.69) is 180 Å². The average molecular weight is 601 g/mol. The van der Waals surface area contributed by atoms with Crippen molar-refractivity contribution in [2.24, 2.45) is 0 Å². The third kappa shape index (κ3) is 4.05. The van der Waals surface area contributed by atoms with Crippen LogP contribution in [0.5, 0.6) is 0 Å². The zero-order valence-corrected chi connectivity index (χ0v) is 26.2. The molecule has 222 valence electrons. The Morgan fingerprint density at radius 2 is 1.00 bits per heavy atom. The fraction of sp³-hybridized carbons (Fsp3) is 0.0222. The molecule has 0 aliphatic carbocycles. The first kappa shape index (κ1) is 27.2. The van der Waals surface area contributed by atoms with E-state index in [4.69, 9.17) is 0 Å². The molecule has 2 nitrogen and oxygen atoms in total. The van der Waals surface area contributed by atoms with Crippen LogP contribution in [-0.4, -0.2) is 9.13 Å². The van der Waals surface area contributed by atoms with Gasteiger partial charge in [-0.25, -0.2) is 0 Å². The number of rotatable bonds is 5. The molecule has 0 bridgehead atoms. The highest BCUT2D eigenvalue weighted by Gasteiger charge is 2.24. The molecule has 0 aliphatic heterocycles. The second kappa shape index (κ2) is 10.8. The van der Waals surface area contributed by atoms with Gasteiger partial charge in [-0.05, 0) is 59.5 Å². The molecule has 7 aromatic carbocycles. The van der Waals surface area contributed by atoms with Crippen molar-refractivity contribution in [1.82, 2.24) is 9.13 Å². The van der Waals surface area contributed by atoms with Crippen LogP contribution in [0, 0.1) is 0 Å². The fourth-order valence-electron chi connectivity index (χ4n) is 7.58. The number of fused-ring (bicyclic) bond motifs is 10. The molecular weight excluding hydrogens is 569 g/mol. The van der Waals surface area contributed by atoms with Crippen LogP contribution in [0.25, 0.3) is 88.0 Å². The van der Waals surface area contributed by atoms with E-state index in [9.17, 15) is 0 Å². The molecule has 0 fully saturated rings. The molecule has 0 saturated heterocycles. The normalized spacial score (nSPS) is 12.1. The molecule has 2 heterocycles. The Bertz CT molecular complexity index is 2680. The van der Waals surface area contributed by atoms with Crippen LogP contribution in [0.1, 0.15) is 6.92 Å². The van der Waals surface area contributed by atoms with E-state index in [1.807, 2.05) is 6.08 Å². The molecule has 0 N–H and O–H groups in total. The topological polar surface area (TPSA) is 9.86 Å². The Hall–Kier alpha value is -6.12. The SMILES string of the molecule is C=C/C(=C\C)n1c2ccccc2c2c3c4ccccc4n(-c4cccc(-c5ccc(-c6ccccc6)cc5)c4)c3c3ccccc3c21. The zero-order valence-electron chi connectivity index (χ0n) is 26.2. The molecule has 0 amide bonds. The minimum atomic E-state index is 1.08. The van der Waals surface area contributed by atoms with Crippen LogP contribution >= 0.6 is 0 Å². The van der Waals surface area contributed by atoms with Gasteiger partial charge >= 0.3 is 0 Å². The van der Waals surface area contributed by atoms with E-state index in [0.29, 0.717) is 0 Å². The summed E-state index contributed by atoms with van der Waals surface area (Å²) >= 11 is 0. The molecule has 0 radical (unpaired) electrons. The van der Waals surface area contributed by atoms with Crippen molar-refractivity contribution in [1.29, 1.82) is 0 Å². The summed E-state index contributed by atoms with van der Waals surface area (Å²) in [7, 11) is 0. The Balaban J connectivity index is 1.38. The van der Waals surface area contributed by atoms with Crippen molar-refractivity contribution in [3.05, 3.63) is 170 Å². The predicted octanol–water partition coefficient (Wildman–Crippen LogP) is 12.4. The number of hydrogen-bond donors (Lipinski definition) is 0. The number of hydrogen-bond acceptors (Lipinski definition) is 0. The lowest BCUT2D eigenvalue weighted by molar-refractivity contribution is 1.19. The second-order valence-corrected chi connectivity index (χ2v) is 12.1. The van der Waals surface area contributed by atoms with Crippen molar-refractivity contribution in [3.63, 3.8) is 0 Å². The third-order valence-electron chi connectivity index (χ3n) is 9.63. The van der Waals surface area contributed by atoms with Crippen LogP contribution in [-0.2, 0) is 0 Å². The van der Waals surface area contributed by atoms with E-state index >= 15 is 0 Å². The van der Waals surface area contributed by atoms with Gasteiger partial charge in [0, 0.05) is 43.7 Å². The summed E-state index contributed by atoms with van der Waals surface area (Å²) in [4.78, 5) is 0. The second-order valence-electron chi connectivity index (χ2n) is 12.1. The van der Waals surface area contributed by atoms with Crippen LogP contribution in [0.15, 0.2) is 170 Å². The van der Waals surface area contributed by atoms with Crippen LogP contribution in [0.3, 0.4) is 0 Å². The Kier molecular flexibility index (Phi) is 6.22. The largest absolute Gasteiger partial charge is 0.309 e. The fourth-order valence-corrected chi connectivity index (χ4v) is 7.58. The molecule has 0 atom stereocenters. The quantitative estimate of drug-likeness (QED) is 0.174. The summed E-state index contributed by atoms with van der Waals surface area (Å²) in [5.74, 6) is 0. The molecule has 0 unspecified atom stereocenters. The lowest BCUT2D eigenvalue weighted by Gasteiger charge is -2.14. The van der Waals surface area contributed by atoms with Crippen molar-refractivity contribution >= 4 is 60.1 Å². The number of nitrogens with zero attached hydrogens (tertiary/aromatic N) is 2.